The molecule has 2 unspecified atom stereocenters. The molecule has 1 N–H and O–H groups in total. The van der Waals surface area contributed by atoms with Crippen LogP contribution in [-0.4, -0.2) is 37.0 Å². The third kappa shape index (κ3) is 8.28. The van der Waals surface area contributed by atoms with Gasteiger partial charge in [-0.1, -0.05) is 59.6 Å². The number of alkyl halides is 6. The first kappa shape index (κ1) is 35.4. The number of halogens is 9. The monoisotopic (exact) mass is 692 g/mol. The first-order valence-corrected chi connectivity index (χ1v) is 15.3. The topological polar surface area (TPSA) is 32.3 Å². The van der Waals surface area contributed by atoms with E-state index < -0.39 is 34.8 Å². The minimum Gasteiger partial charge on any atom is -0.355 e. The van der Waals surface area contributed by atoms with Crippen LogP contribution in [0.3, 0.4) is 0 Å². The Morgan fingerprint density at radius 3 is 2.02 bits per heavy atom. The Labute approximate surface area is 274 Å². The SMILES string of the molecule is Cl.O=C1CCC(c2ccc(Cl)c(Cl)c2)(C(Cc2cc(C(F)(F)F)cc(C(F)(F)F)c2)CN2CCC(c3ccccc3)CC2)CN1. The standard InChI is InChI=1S/C33H32Cl2F6N2O.ClH/c34-28-7-6-24(18-29(28)35)31(11-8-30(44)42-20-31)27(19-43-12-9-23(10-13-43)22-4-2-1-3-5-22)16-21-14-25(32(36,37)38)17-26(15-21)33(39,40)41;/h1-7,14-15,17-18,23,27H,8-13,16,19-20H2,(H,42,44);1H. The fraction of sp³-hybridized carbons (Fsp3) is 0.424. The van der Waals surface area contributed by atoms with Gasteiger partial charge in [-0.2, -0.15) is 26.3 Å². The fourth-order valence-electron chi connectivity index (χ4n) is 6.75. The van der Waals surface area contributed by atoms with E-state index in [1.54, 1.807) is 18.2 Å². The number of likely N-dealkylation sites (tertiary alicyclic amines) is 1. The van der Waals surface area contributed by atoms with Crippen molar-refractivity contribution in [1.29, 1.82) is 0 Å². The van der Waals surface area contributed by atoms with Crippen LogP contribution in [0.25, 0.3) is 0 Å². The van der Waals surface area contributed by atoms with Gasteiger partial charge in [-0.3, -0.25) is 4.79 Å². The molecule has 12 heteroatoms. The summed E-state index contributed by atoms with van der Waals surface area (Å²) in [5, 5.41) is 3.51. The maximum Gasteiger partial charge on any atom is 0.416 e. The Balaban J connectivity index is 0.00000461. The molecule has 2 fully saturated rings. The molecule has 2 heterocycles. The van der Waals surface area contributed by atoms with Crippen molar-refractivity contribution in [2.24, 2.45) is 5.92 Å². The molecule has 3 aromatic carbocycles. The van der Waals surface area contributed by atoms with Crippen molar-refractivity contribution < 1.29 is 31.1 Å². The number of piperidine rings is 2. The number of carbonyl (C=O) groups is 1. The van der Waals surface area contributed by atoms with E-state index in [4.69, 9.17) is 23.2 Å². The van der Waals surface area contributed by atoms with E-state index in [0.717, 1.165) is 43.6 Å². The molecule has 5 rings (SSSR count). The number of rotatable bonds is 7. The van der Waals surface area contributed by atoms with E-state index in [1.807, 2.05) is 18.2 Å². The fourth-order valence-corrected chi connectivity index (χ4v) is 7.05. The number of nitrogens with one attached hydrogen (secondary N) is 1. The summed E-state index contributed by atoms with van der Waals surface area (Å²) < 4.78 is 82.8. The predicted octanol–water partition coefficient (Wildman–Crippen LogP) is 9.34. The van der Waals surface area contributed by atoms with Gasteiger partial charge in [0.25, 0.3) is 0 Å². The molecule has 1 amide bonds. The first-order chi connectivity index (χ1) is 20.7. The smallest absolute Gasteiger partial charge is 0.355 e. The third-order valence-electron chi connectivity index (χ3n) is 9.14. The molecule has 2 aliphatic rings. The van der Waals surface area contributed by atoms with Crippen molar-refractivity contribution in [3.63, 3.8) is 0 Å². The maximum absolute atomic E-state index is 13.8. The number of amides is 1. The van der Waals surface area contributed by atoms with Gasteiger partial charge in [0.2, 0.25) is 5.91 Å². The van der Waals surface area contributed by atoms with Crippen LogP contribution < -0.4 is 5.32 Å². The summed E-state index contributed by atoms with van der Waals surface area (Å²) in [6.45, 7) is 2.02. The third-order valence-corrected chi connectivity index (χ3v) is 9.88. The average molecular weight is 694 g/mol. The summed E-state index contributed by atoms with van der Waals surface area (Å²) in [7, 11) is 0. The molecule has 3 aromatic rings. The van der Waals surface area contributed by atoms with Crippen LogP contribution >= 0.6 is 35.6 Å². The number of benzene rings is 3. The first-order valence-electron chi connectivity index (χ1n) is 14.5. The Hall–Kier alpha value is -2.46. The van der Waals surface area contributed by atoms with Crippen molar-refractivity contribution >= 4 is 41.5 Å². The molecule has 2 saturated heterocycles. The van der Waals surface area contributed by atoms with Crippen LogP contribution in [0.1, 0.15) is 59.4 Å². The molecular weight excluding hydrogens is 661 g/mol. The number of nitrogens with zero attached hydrogens (tertiary/aromatic N) is 1. The normalized spacial score (nSPS) is 20.8. The largest absolute Gasteiger partial charge is 0.416 e. The van der Waals surface area contributed by atoms with Gasteiger partial charge in [-0.25, -0.2) is 0 Å². The Morgan fingerprint density at radius 1 is 0.867 bits per heavy atom. The Bertz CT molecular complexity index is 1430. The molecule has 0 radical (unpaired) electrons. The summed E-state index contributed by atoms with van der Waals surface area (Å²) in [5.74, 6) is -0.263. The summed E-state index contributed by atoms with van der Waals surface area (Å²) in [5.41, 5.74) is -1.58. The molecule has 2 atom stereocenters. The second kappa shape index (κ2) is 14.1. The number of hydrogen-bond acceptors (Lipinski definition) is 2. The summed E-state index contributed by atoms with van der Waals surface area (Å²) >= 11 is 12.6. The zero-order valence-corrected chi connectivity index (χ0v) is 26.5. The summed E-state index contributed by atoms with van der Waals surface area (Å²) in [6, 6.07) is 17.1. The van der Waals surface area contributed by atoms with Crippen LogP contribution in [-0.2, 0) is 29.0 Å². The van der Waals surface area contributed by atoms with E-state index in [1.165, 1.54) is 5.56 Å². The zero-order chi connectivity index (χ0) is 31.7. The number of hydrogen-bond donors (Lipinski definition) is 1. The van der Waals surface area contributed by atoms with E-state index >= 15 is 0 Å². The van der Waals surface area contributed by atoms with Crippen LogP contribution in [0, 0.1) is 5.92 Å². The zero-order valence-electron chi connectivity index (χ0n) is 24.2. The van der Waals surface area contributed by atoms with E-state index in [9.17, 15) is 31.1 Å². The average Bonchev–Trinajstić information content (AvgIpc) is 2.99. The van der Waals surface area contributed by atoms with Crippen molar-refractivity contribution in [3.8, 4) is 0 Å². The molecular formula is C33H33Cl3F6N2O. The minimum atomic E-state index is -4.95. The van der Waals surface area contributed by atoms with Crippen LogP contribution in [0.2, 0.25) is 10.0 Å². The van der Waals surface area contributed by atoms with Crippen molar-refractivity contribution in [1.82, 2.24) is 10.2 Å². The second-order valence-corrected chi connectivity index (χ2v) is 12.7. The highest BCUT2D eigenvalue weighted by Crippen LogP contribution is 2.44. The molecule has 0 aliphatic carbocycles. The maximum atomic E-state index is 13.8. The highest BCUT2D eigenvalue weighted by molar-refractivity contribution is 6.42. The molecule has 3 nitrogen and oxygen atoms in total. The molecule has 0 aromatic heterocycles. The second-order valence-electron chi connectivity index (χ2n) is 11.9. The molecule has 45 heavy (non-hydrogen) atoms. The van der Waals surface area contributed by atoms with Crippen LogP contribution in [0.15, 0.2) is 66.7 Å². The quantitative estimate of drug-likeness (QED) is 0.250. The van der Waals surface area contributed by atoms with Crippen molar-refractivity contribution in [2.75, 3.05) is 26.2 Å². The molecule has 2 aliphatic heterocycles. The number of carbonyl (C=O) groups excluding carboxylic acids is 1. The molecule has 0 saturated carbocycles. The Kier molecular flexibility index (Phi) is 11.1. The van der Waals surface area contributed by atoms with Gasteiger partial charge in [-0.15, -0.1) is 12.4 Å². The lowest BCUT2D eigenvalue weighted by Crippen LogP contribution is -2.54. The van der Waals surface area contributed by atoms with Crippen molar-refractivity contribution in [2.45, 2.75) is 55.8 Å². The van der Waals surface area contributed by atoms with E-state index in [0.29, 0.717) is 23.9 Å². The van der Waals surface area contributed by atoms with Gasteiger partial charge in [0.1, 0.15) is 0 Å². The molecule has 0 spiro atoms. The summed E-state index contributed by atoms with van der Waals surface area (Å²) in [4.78, 5) is 14.6. The lowest BCUT2D eigenvalue weighted by molar-refractivity contribution is -0.143. The van der Waals surface area contributed by atoms with Crippen molar-refractivity contribution in [3.05, 3.63) is 105 Å². The van der Waals surface area contributed by atoms with Gasteiger partial charge in [0.05, 0.1) is 21.2 Å². The lowest BCUT2D eigenvalue weighted by atomic mass is 9.63. The Morgan fingerprint density at radius 2 is 1.49 bits per heavy atom. The van der Waals surface area contributed by atoms with Crippen LogP contribution in [0.4, 0.5) is 26.3 Å². The molecule has 0 bridgehead atoms. The van der Waals surface area contributed by atoms with Gasteiger partial charge in [0.15, 0.2) is 0 Å². The minimum absolute atomic E-state index is 0. The van der Waals surface area contributed by atoms with Gasteiger partial charge >= 0.3 is 12.4 Å². The van der Waals surface area contributed by atoms with Gasteiger partial charge in [0, 0.05) is 24.9 Å². The highest BCUT2D eigenvalue weighted by atomic mass is 35.5. The van der Waals surface area contributed by atoms with Crippen LogP contribution in [0.5, 0.6) is 0 Å². The summed E-state index contributed by atoms with van der Waals surface area (Å²) in [6.07, 6.45) is -7.72. The highest BCUT2D eigenvalue weighted by Gasteiger charge is 2.45. The molecule has 244 valence electrons. The lowest BCUT2D eigenvalue weighted by Gasteiger charge is -2.47. The predicted molar refractivity (Wildman–Crippen MR) is 166 cm³/mol. The van der Waals surface area contributed by atoms with Gasteiger partial charge < -0.3 is 10.2 Å². The van der Waals surface area contributed by atoms with E-state index in [-0.39, 0.29) is 54.4 Å². The van der Waals surface area contributed by atoms with Gasteiger partial charge in [-0.05, 0) is 97.6 Å². The van der Waals surface area contributed by atoms with E-state index in [2.05, 4.69) is 22.3 Å².